The smallest absolute Gasteiger partial charge is 0.315 e. The summed E-state index contributed by atoms with van der Waals surface area (Å²) < 4.78 is 0. The highest BCUT2D eigenvalue weighted by molar-refractivity contribution is 6.22. The summed E-state index contributed by atoms with van der Waals surface area (Å²) in [7, 11) is 0. The topological polar surface area (TPSA) is 74.4 Å². The molecule has 1 atom stereocenters. The van der Waals surface area contributed by atoms with Gasteiger partial charge in [-0.2, -0.15) is 5.10 Å². The molecular formula is C7H5N3O2. The van der Waals surface area contributed by atoms with Gasteiger partial charge < -0.3 is 5.11 Å². The van der Waals surface area contributed by atoms with Gasteiger partial charge in [-0.1, -0.05) is 6.08 Å². The third-order valence-corrected chi connectivity index (χ3v) is 1.61. The number of dihydropyridines is 1. The number of carboxylic acid groups (broad SMARTS) is 1. The minimum atomic E-state index is -0.911. The molecule has 2 aliphatic rings. The average Bonchev–Trinajstić information content (AvgIpc) is 2.49. The number of amidine groups is 1. The standard InChI is InChI=1S/C7H5N3O2/c11-7(12)5-1-4-3-9-10-6(4)8-2-5/h1-3,5H,(H,11,12)/t5-/m1/s1. The van der Waals surface area contributed by atoms with Crippen LogP contribution in [0.25, 0.3) is 0 Å². The van der Waals surface area contributed by atoms with Crippen LogP contribution in [0.2, 0.25) is 0 Å². The molecule has 0 aliphatic carbocycles. The first-order valence-electron chi connectivity index (χ1n) is 3.37. The lowest BCUT2D eigenvalue weighted by Gasteiger charge is -2.06. The number of nitrogens with zero attached hydrogens (tertiary/aromatic N) is 3. The highest BCUT2D eigenvalue weighted by Crippen LogP contribution is 2.13. The summed E-state index contributed by atoms with van der Waals surface area (Å²) in [5.41, 5.74) is 0.685. The number of fused-ring (bicyclic) bond motifs is 1. The maximum atomic E-state index is 10.5. The minimum Gasteiger partial charge on any atom is -0.481 e. The first-order chi connectivity index (χ1) is 5.77. The highest BCUT2D eigenvalue weighted by atomic mass is 16.4. The average molecular weight is 163 g/mol. The van der Waals surface area contributed by atoms with E-state index in [1.54, 1.807) is 6.08 Å². The van der Waals surface area contributed by atoms with E-state index in [4.69, 9.17) is 5.11 Å². The Morgan fingerprint density at radius 1 is 1.58 bits per heavy atom. The van der Waals surface area contributed by atoms with E-state index in [2.05, 4.69) is 15.2 Å². The van der Waals surface area contributed by atoms with Crippen molar-refractivity contribution in [1.82, 2.24) is 0 Å². The Bertz CT molecular complexity index is 352. The van der Waals surface area contributed by atoms with Crippen molar-refractivity contribution < 1.29 is 9.90 Å². The first-order valence-corrected chi connectivity index (χ1v) is 3.37. The Kier molecular flexibility index (Phi) is 1.36. The molecule has 0 saturated carbocycles. The highest BCUT2D eigenvalue weighted by Gasteiger charge is 2.21. The van der Waals surface area contributed by atoms with E-state index in [9.17, 15) is 4.79 Å². The predicted molar refractivity (Wildman–Crippen MR) is 43.6 cm³/mol. The summed E-state index contributed by atoms with van der Waals surface area (Å²) in [6, 6.07) is 0. The SMILES string of the molecule is O=C(O)[C@H]1C=NC2=NN=CC2=C1. The van der Waals surface area contributed by atoms with Crippen molar-refractivity contribution in [1.29, 1.82) is 0 Å². The van der Waals surface area contributed by atoms with E-state index in [0.29, 0.717) is 11.4 Å². The van der Waals surface area contributed by atoms with Crippen LogP contribution in [-0.4, -0.2) is 29.3 Å². The normalized spacial score (nSPS) is 24.8. The predicted octanol–water partition coefficient (Wildman–Crippen LogP) is 0.0959. The van der Waals surface area contributed by atoms with Gasteiger partial charge in [0.25, 0.3) is 0 Å². The molecule has 2 aliphatic heterocycles. The summed E-state index contributed by atoms with van der Waals surface area (Å²) in [6.45, 7) is 0. The molecule has 1 N–H and O–H groups in total. The Morgan fingerprint density at radius 3 is 3.17 bits per heavy atom. The molecule has 0 bridgehead atoms. The van der Waals surface area contributed by atoms with Gasteiger partial charge >= 0.3 is 5.97 Å². The molecule has 0 saturated heterocycles. The van der Waals surface area contributed by atoms with Gasteiger partial charge in [0, 0.05) is 11.8 Å². The van der Waals surface area contributed by atoms with Crippen LogP contribution in [0.3, 0.4) is 0 Å². The number of rotatable bonds is 1. The number of aliphatic carboxylic acids is 1. The van der Waals surface area contributed by atoms with Crippen LogP contribution >= 0.6 is 0 Å². The maximum Gasteiger partial charge on any atom is 0.315 e. The zero-order chi connectivity index (χ0) is 8.55. The molecule has 2 rings (SSSR count). The Balaban J connectivity index is 2.33. The van der Waals surface area contributed by atoms with Gasteiger partial charge in [0.15, 0.2) is 5.84 Å². The minimum absolute atomic E-state index is 0.493. The zero-order valence-corrected chi connectivity index (χ0v) is 6.01. The summed E-state index contributed by atoms with van der Waals surface area (Å²) in [6.07, 6.45) is 4.42. The van der Waals surface area contributed by atoms with Crippen LogP contribution in [0.5, 0.6) is 0 Å². The summed E-state index contributed by atoms with van der Waals surface area (Å²) in [5.74, 6) is -1.07. The van der Waals surface area contributed by atoms with Crippen molar-refractivity contribution in [2.24, 2.45) is 21.1 Å². The van der Waals surface area contributed by atoms with Crippen molar-refractivity contribution in [3.63, 3.8) is 0 Å². The van der Waals surface area contributed by atoms with Crippen LogP contribution in [0.1, 0.15) is 0 Å². The molecule has 0 unspecified atom stereocenters. The van der Waals surface area contributed by atoms with E-state index in [-0.39, 0.29) is 0 Å². The van der Waals surface area contributed by atoms with Crippen molar-refractivity contribution in [2.75, 3.05) is 0 Å². The molecule has 0 fully saturated rings. The Morgan fingerprint density at radius 2 is 2.42 bits per heavy atom. The van der Waals surface area contributed by atoms with Crippen molar-refractivity contribution in [3.8, 4) is 0 Å². The fourth-order valence-corrected chi connectivity index (χ4v) is 1.00. The quantitative estimate of drug-likeness (QED) is 0.595. The Labute approximate surface area is 67.8 Å². The van der Waals surface area contributed by atoms with Crippen LogP contribution in [0.15, 0.2) is 26.8 Å². The fourth-order valence-electron chi connectivity index (χ4n) is 1.00. The van der Waals surface area contributed by atoms with Crippen molar-refractivity contribution >= 4 is 24.2 Å². The van der Waals surface area contributed by atoms with E-state index in [1.165, 1.54) is 12.4 Å². The number of carboxylic acids is 1. The van der Waals surface area contributed by atoms with Gasteiger partial charge in [0.2, 0.25) is 0 Å². The molecule has 0 aromatic rings. The maximum absolute atomic E-state index is 10.5. The third-order valence-electron chi connectivity index (χ3n) is 1.61. The second-order valence-corrected chi connectivity index (χ2v) is 2.43. The second-order valence-electron chi connectivity index (χ2n) is 2.43. The molecule has 0 radical (unpaired) electrons. The number of hydrogen-bond acceptors (Lipinski definition) is 4. The Hall–Kier alpha value is -1.78. The van der Waals surface area contributed by atoms with E-state index >= 15 is 0 Å². The van der Waals surface area contributed by atoms with Crippen LogP contribution in [0.4, 0.5) is 0 Å². The van der Waals surface area contributed by atoms with Gasteiger partial charge in [0.1, 0.15) is 5.92 Å². The largest absolute Gasteiger partial charge is 0.481 e. The molecule has 60 valence electrons. The van der Waals surface area contributed by atoms with Gasteiger partial charge in [-0.3, -0.25) is 4.79 Å². The molecule has 12 heavy (non-hydrogen) atoms. The van der Waals surface area contributed by atoms with E-state index in [1.807, 2.05) is 0 Å². The number of carbonyl (C=O) groups is 1. The van der Waals surface area contributed by atoms with Gasteiger partial charge in [-0.05, 0) is 0 Å². The molecule has 0 spiro atoms. The van der Waals surface area contributed by atoms with E-state index in [0.717, 1.165) is 0 Å². The molecule has 2 heterocycles. The molecule has 5 nitrogen and oxygen atoms in total. The second kappa shape index (κ2) is 2.37. The molecular weight excluding hydrogens is 158 g/mol. The lowest BCUT2D eigenvalue weighted by Crippen LogP contribution is -2.18. The van der Waals surface area contributed by atoms with Gasteiger partial charge in [0.05, 0.1) is 6.21 Å². The van der Waals surface area contributed by atoms with Crippen LogP contribution in [-0.2, 0) is 4.79 Å². The molecule has 0 aromatic carbocycles. The van der Waals surface area contributed by atoms with E-state index < -0.39 is 11.9 Å². The molecule has 0 aromatic heterocycles. The fraction of sp³-hybridized carbons (Fsp3) is 0.143. The zero-order valence-electron chi connectivity index (χ0n) is 6.01. The summed E-state index contributed by atoms with van der Waals surface area (Å²) >= 11 is 0. The summed E-state index contributed by atoms with van der Waals surface area (Å²) in [5, 5.41) is 15.9. The lowest BCUT2D eigenvalue weighted by atomic mass is 10.0. The van der Waals surface area contributed by atoms with Gasteiger partial charge in [-0.15, -0.1) is 5.10 Å². The number of aliphatic imine (C=N–C) groups is 1. The molecule has 0 amide bonds. The third kappa shape index (κ3) is 0.952. The first kappa shape index (κ1) is 6.90. The lowest BCUT2D eigenvalue weighted by molar-refractivity contribution is -0.137. The summed E-state index contributed by atoms with van der Waals surface area (Å²) in [4.78, 5) is 14.4. The van der Waals surface area contributed by atoms with Crippen molar-refractivity contribution in [3.05, 3.63) is 11.6 Å². The van der Waals surface area contributed by atoms with Crippen LogP contribution < -0.4 is 0 Å². The monoisotopic (exact) mass is 163 g/mol. The molecule has 5 heteroatoms. The van der Waals surface area contributed by atoms with Crippen molar-refractivity contribution in [2.45, 2.75) is 0 Å². The van der Waals surface area contributed by atoms with Crippen LogP contribution in [0, 0.1) is 5.92 Å². The number of hydrogen-bond donors (Lipinski definition) is 1. The van der Waals surface area contributed by atoms with Gasteiger partial charge in [-0.25, -0.2) is 4.99 Å².